The van der Waals surface area contributed by atoms with Crippen molar-refractivity contribution >= 4 is 0 Å². The molecule has 2 atom stereocenters. The van der Waals surface area contributed by atoms with E-state index in [1.54, 1.807) is 0 Å². The lowest BCUT2D eigenvalue weighted by atomic mass is 9.80. The van der Waals surface area contributed by atoms with Crippen molar-refractivity contribution in [2.75, 3.05) is 40.8 Å². The quantitative estimate of drug-likeness (QED) is 0.703. The van der Waals surface area contributed by atoms with Crippen molar-refractivity contribution in [3.05, 3.63) is 0 Å². The van der Waals surface area contributed by atoms with Crippen LogP contribution in [-0.2, 0) is 0 Å². The van der Waals surface area contributed by atoms with Gasteiger partial charge in [0, 0.05) is 24.7 Å². The van der Waals surface area contributed by atoms with Gasteiger partial charge in [0.2, 0.25) is 0 Å². The van der Waals surface area contributed by atoms with Crippen LogP contribution in [0.1, 0.15) is 25.7 Å². The van der Waals surface area contributed by atoms with Crippen molar-refractivity contribution in [1.82, 2.24) is 9.80 Å². The second kappa shape index (κ2) is 5.96. The molecule has 4 nitrogen and oxygen atoms in total. The van der Waals surface area contributed by atoms with Gasteiger partial charge in [-0.05, 0) is 46.8 Å². The fraction of sp³-hybridized carbons (Fsp3) is 1.00. The third-order valence-electron chi connectivity index (χ3n) is 3.69. The van der Waals surface area contributed by atoms with E-state index >= 15 is 0 Å². The lowest BCUT2D eigenvalue weighted by molar-refractivity contribution is 0.0913. The van der Waals surface area contributed by atoms with Crippen molar-refractivity contribution in [3.8, 4) is 0 Å². The Bertz CT molecular complexity index is 210. The molecule has 4 heteroatoms. The molecule has 0 bridgehead atoms. The van der Waals surface area contributed by atoms with E-state index < -0.39 is 0 Å². The molecule has 1 saturated carbocycles. The van der Waals surface area contributed by atoms with E-state index in [1.165, 1.54) is 6.42 Å². The van der Waals surface area contributed by atoms with E-state index in [1.807, 2.05) is 0 Å². The Morgan fingerprint density at radius 3 is 2.56 bits per heavy atom. The number of hydrogen-bond donors (Lipinski definition) is 2. The summed E-state index contributed by atoms with van der Waals surface area (Å²) in [4.78, 5) is 4.58. The van der Waals surface area contributed by atoms with Crippen LogP contribution in [0.5, 0.6) is 0 Å². The summed E-state index contributed by atoms with van der Waals surface area (Å²) >= 11 is 0. The SMILES string of the molecule is CN(C)CCN(C)C1CCCC(N)(CO)C1. The monoisotopic (exact) mass is 229 g/mol. The number of nitrogens with two attached hydrogens (primary N) is 1. The maximum atomic E-state index is 9.32. The molecule has 16 heavy (non-hydrogen) atoms. The largest absolute Gasteiger partial charge is 0.394 e. The summed E-state index contributed by atoms with van der Waals surface area (Å²) in [5, 5.41) is 9.32. The van der Waals surface area contributed by atoms with E-state index in [-0.39, 0.29) is 12.1 Å². The first kappa shape index (κ1) is 13.9. The van der Waals surface area contributed by atoms with Crippen molar-refractivity contribution < 1.29 is 5.11 Å². The topological polar surface area (TPSA) is 52.7 Å². The molecule has 0 aliphatic heterocycles. The van der Waals surface area contributed by atoms with Crippen LogP contribution < -0.4 is 5.73 Å². The molecule has 0 spiro atoms. The zero-order valence-electron chi connectivity index (χ0n) is 10.9. The van der Waals surface area contributed by atoms with Crippen molar-refractivity contribution in [3.63, 3.8) is 0 Å². The summed E-state index contributed by atoms with van der Waals surface area (Å²) in [5.41, 5.74) is 5.82. The fourth-order valence-corrected chi connectivity index (χ4v) is 2.42. The lowest BCUT2D eigenvalue weighted by Gasteiger charge is -2.40. The zero-order chi connectivity index (χ0) is 12.2. The molecular formula is C12H27N3O. The van der Waals surface area contributed by atoms with Gasteiger partial charge in [-0.2, -0.15) is 0 Å². The molecule has 0 amide bonds. The Hall–Kier alpha value is -0.160. The summed E-state index contributed by atoms with van der Waals surface area (Å²) < 4.78 is 0. The average molecular weight is 229 g/mol. The van der Waals surface area contributed by atoms with Gasteiger partial charge in [-0.1, -0.05) is 0 Å². The Morgan fingerprint density at radius 2 is 2.00 bits per heavy atom. The van der Waals surface area contributed by atoms with Crippen LogP contribution in [0.25, 0.3) is 0 Å². The van der Waals surface area contributed by atoms with E-state index in [9.17, 15) is 5.11 Å². The second-order valence-electron chi connectivity index (χ2n) is 5.55. The van der Waals surface area contributed by atoms with Crippen molar-refractivity contribution in [2.45, 2.75) is 37.3 Å². The first-order valence-corrected chi connectivity index (χ1v) is 6.21. The van der Waals surface area contributed by atoms with Crippen molar-refractivity contribution in [1.29, 1.82) is 0 Å². The van der Waals surface area contributed by atoms with Gasteiger partial charge < -0.3 is 20.6 Å². The first-order chi connectivity index (χ1) is 7.47. The maximum Gasteiger partial charge on any atom is 0.0611 e. The van der Waals surface area contributed by atoms with E-state index in [2.05, 4.69) is 30.9 Å². The minimum atomic E-state index is -0.338. The molecule has 0 heterocycles. The summed E-state index contributed by atoms with van der Waals surface area (Å²) in [6.07, 6.45) is 4.23. The van der Waals surface area contributed by atoms with Gasteiger partial charge in [0.25, 0.3) is 0 Å². The first-order valence-electron chi connectivity index (χ1n) is 6.21. The molecular weight excluding hydrogens is 202 g/mol. The summed E-state index contributed by atoms with van der Waals surface area (Å²) in [7, 11) is 6.35. The highest BCUT2D eigenvalue weighted by Crippen LogP contribution is 2.28. The molecule has 96 valence electrons. The Labute approximate surface area is 99.4 Å². The van der Waals surface area contributed by atoms with Gasteiger partial charge in [-0.15, -0.1) is 0 Å². The van der Waals surface area contributed by atoms with E-state index in [0.717, 1.165) is 32.4 Å². The molecule has 0 saturated heterocycles. The highest BCUT2D eigenvalue weighted by molar-refractivity contribution is 4.93. The fourth-order valence-electron chi connectivity index (χ4n) is 2.42. The van der Waals surface area contributed by atoms with Gasteiger partial charge in [0.15, 0.2) is 0 Å². The Morgan fingerprint density at radius 1 is 1.31 bits per heavy atom. The summed E-state index contributed by atoms with van der Waals surface area (Å²) in [5.74, 6) is 0. The van der Waals surface area contributed by atoms with Crippen molar-refractivity contribution in [2.24, 2.45) is 5.73 Å². The second-order valence-corrected chi connectivity index (χ2v) is 5.55. The van der Waals surface area contributed by atoms with Crippen LogP contribution in [0, 0.1) is 0 Å². The maximum absolute atomic E-state index is 9.32. The number of likely N-dealkylation sites (N-methyl/N-ethyl adjacent to an activating group) is 2. The number of hydrogen-bond acceptors (Lipinski definition) is 4. The highest BCUT2D eigenvalue weighted by atomic mass is 16.3. The van der Waals surface area contributed by atoms with E-state index in [0.29, 0.717) is 6.04 Å². The average Bonchev–Trinajstić information content (AvgIpc) is 2.26. The van der Waals surface area contributed by atoms with Gasteiger partial charge in [-0.3, -0.25) is 0 Å². The Kier molecular flexibility index (Phi) is 5.18. The smallest absolute Gasteiger partial charge is 0.0611 e. The molecule has 1 rings (SSSR count). The molecule has 1 fully saturated rings. The minimum absolute atomic E-state index is 0.116. The van der Waals surface area contributed by atoms with Crippen LogP contribution in [0.4, 0.5) is 0 Å². The van der Waals surface area contributed by atoms with Crippen LogP contribution in [0.3, 0.4) is 0 Å². The van der Waals surface area contributed by atoms with Gasteiger partial charge in [0.1, 0.15) is 0 Å². The number of nitrogens with zero attached hydrogens (tertiary/aromatic N) is 2. The zero-order valence-corrected chi connectivity index (χ0v) is 10.9. The molecule has 1 aliphatic carbocycles. The summed E-state index contributed by atoms with van der Waals surface area (Å²) in [6, 6.07) is 0.533. The highest BCUT2D eigenvalue weighted by Gasteiger charge is 2.33. The standard InChI is InChI=1S/C12H27N3O/c1-14(2)7-8-15(3)11-5-4-6-12(13,9-11)10-16/h11,16H,4-10,13H2,1-3H3. The summed E-state index contributed by atoms with van der Waals surface area (Å²) in [6.45, 7) is 2.26. The molecule has 0 aromatic carbocycles. The van der Waals surface area contributed by atoms with Gasteiger partial charge in [0.05, 0.1) is 6.61 Å². The third-order valence-corrected chi connectivity index (χ3v) is 3.69. The van der Waals surface area contributed by atoms with Gasteiger partial charge >= 0.3 is 0 Å². The van der Waals surface area contributed by atoms with Crippen LogP contribution in [0.2, 0.25) is 0 Å². The van der Waals surface area contributed by atoms with Crippen LogP contribution in [0.15, 0.2) is 0 Å². The number of rotatable bonds is 5. The molecule has 1 aliphatic rings. The molecule has 0 aromatic heterocycles. The predicted octanol–water partition coefficient (Wildman–Crippen LogP) is 0.112. The predicted molar refractivity (Wildman–Crippen MR) is 67.4 cm³/mol. The lowest BCUT2D eigenvalue weighted by Crippen LogP contribution is -2.53. The number of aliphatic hydroxyl groups excluding tert-OH is 1. The van der Waals surface area contributed by atoms with Crippen LogP contribution >= 0.6 is 0 Å². The van der Waals surface area contributed by atoms with Gasteiger partial charge in [-0.25, -0.2) is 0 Å². The van der Waals surface area contributed by atoms with Crippen LogP contribution in [-0.4, -0.2) is 67.3 Å². The third kappa shape index (κ3) is 4.01. The molecule has 3 N–H and O–H groups in total. The minimum Gasteiger partial charge on any atom is -0.394 e. The number of aliphatic hydroxyl groups is 1. The Balaban J connectivity index is 2.40. The molecule has 0 radical (unpaired) electrons. The molecule has 2 unspecified atom stereocenters. The normalized spacial score (nSPS) is 31.3. The van der Waals surface area contributed by atoms with E-state index in [4.69, 9.17) is 5.73 Å². The molecule has 0 aromatic rings.